The van der Waals surface area contributed by atoms with Gasteiger partial charge in [-0.15, -0.1) is 0 Å². The minimum atomic E-state index is -0.0177. The first-order chi connectivity index (χ1) is 3.27. The van der Waals surface area contributed by atoms with Crippen LogP contribution in [0.15, 0.2) is 0 Å². The van der Waals surface area contributed by atoms with Crippen LogP contribution in [0.3, 0.4) is 0 Å². The molecule has 1 radical (unpaired) electrons. The summed E-state index contributed by atoms with van der Waals surface area (Å²) < 4.78 is 0. The largest absolute Gasteiger partial charge is 0.300 e. The van der Waals surface area contributed by atoms with Crippen LogP contribution in [0.2, 0.25) is 0 Å². The quantitative estimate of drug-likeness (QED) is 0.381. The SMILES string of the molecule is CC(=O)CCO[O]. The Morgan fingerprint density at radius 2 is 2.29 bits per heavy atom. The van der Waals surface area contributed by atoms with Gasteiger partial charge in [0.2, 0.25) is 0 Å². The third-order valence-corrected chi connectivity index (χ3v) is 0.537. The lowest BCUT2D eigenvalue weighted by molar-refractivity contribution is -0.302. The van der Waals surface area contributed by atoms with Crippen molar-refractivity contribution in [2.75, 3.05) is 6.61 Å². The van der Waals surface area contributed by atoms with Gasteiger partial charge in [0.25, 0.3) is 0 Å². The van der Waals surface area contributed by atoms with Crippen molar-refractivity contribution in [2.24, 2.45) is 0 Å². The van der Waals surface area contributed by atoms with E-state index in [0.717, 1.165) is 0 Å². The summed E-state index contributed by atoms with van der Waals surface area (Å²) >= 11 is 0. The van der Waals surface area contributed by atoms with Crippen LogP contribution in [0, 0.1) is 0 Å². The Labute approximate surface area is 41.8 Å². The van der Waals surface area contributed by atoms with Gasteiger partial charge in [-0.2, -0.15) is 0 Å². The van der Waals surface area contributed by atoms with Crippen LogP contribution in [-0.2, 0) is 14.9 Å². The molecule has 0 aliphatic rings. The Bertz CT molecular complexity index is 60.0. The zero-order valence-electron chi connectivity index (χ0n) is 4.14. The summed E-state index contributed by atoms with van der Waals surface area (Å²) in [6.45, 7) is 1.41. The van der Waals surface area contributed by atoms with Gasteiger partial charge in [-0.25, -0.2) is 4.89 Å². The van der Waals surface area contributed by atoms with Gasteiger partial charge in [0.1, 0.15) is 5.78 Å². The number of ketones is 1. The fourth-order valence-electron chi connectivity index (χ4n) is 0.185. The molecule has 0 aromatic heterocycles. The maximum atomic E-state index is 9.98. The second kappa shape index (κ2) is 3.77. The Hall–Kier alpha value is -0.410. The lowest BCUT2D eigenvalue weighted by Gasteiger charge is -1.85. The molecule has 0 fully saturated rings. The van der Waals surface area contributed by atoms with Crippen molar-refractivity contribution in [1.29, 1.82) is 0 Å². The van der Waals surface area contributed by atoms with Crippen LogP contribution in [0.25, 0.3) is 0 Å². The Balaban J connectivity index is 2.82. The minimum Gasteiger partial charge on any atom is -0.300 e. The van der Waals surface area contributed by atoms with Gasteiger partial charge in [-0.3, -0.25) is 4.79 Å². The Morgan fingerprint density at radius 3 is 2.43 bits per heavy atom. The monoisotopic (exact) mass is 103 g/mol. The predicted molar refractivity (Wildman–Crippen MR) is 21.9 cm³/mol. The molecule has 0 atom stereocenters. The van der Waals surface area contributed by atoms with Crippen LogP contribution in [0.1, 0.15) is 13.3 Å². The number of carbonyl (C=O) groups excluding carboxylic acids is 1. The van der Waals surface area contributed by atoms with E-state index in [9.17, 15) is 10.1 Å². The highest BCUT2D eigenvalue weighted by atomic mass is 17.1. The van der Waals surface area contributed by atoms with Crippen molar-refractivity contribution in [1.82, 2.24) is 0 Å². The van der Waals surface area contributed by atoms with Gasteiger partial charge < -0.3 is 0 Å². The van der Waals surface area contributed by atoms with E-state index in [4.69, 9.17) is 0 Å². The van der Waals surface area contributed by atoms with Crippen molar-refractivity contribution in [3.05, 3.63) is 0 Å². The summed E-state index contributed by atoms with van der Waals surface area (Å²) in [5, 5.41) is 9.18. The Morgan fingerprint density at radius 1 is 1.71 bits per heavy atom. The molecule has 0 saturated heterocycles. The average Bonchev–Trinajstić information content (AvgIpc) is 1.61. The Kier molecular flexibility index (Phi) is 3.55. The van der Waals surface area contributed by atoms with Crippen molar-refractivity contribution in [3.63, 3.8) is 0 Å². The third-order valence-electron chi connectivity index (χ3n) is 0.537. The van der Waals surface area contributed by atoms with E-state index < -0.39 is 0 Å². The molecule has 0 aromatic carbocycles. The van der Waals surface area contributed by atoms with Gasteiger partial charge in [0.15, 0.2) is 0 Å². The molecule has 7 heavy (non-hydrogen) atoms. The van der Waals surface area contributed by atoms with Crippen molar-refractivity contribution in [3.8, 4) is 0 Å². The molecule has 0 N–H and O–H groups in total. The van der Waals surface area contributed by atoms with E-state index >= 15 is 0 Å². The molecule has 0 amide bonds. The molecule has 3 nitrogen and oxygen atoms in total. The van der Waals surface area contributed by atoms with Gasteiger partial charge in [-0.05, 0) is 12.2 Å². The minimum absolute atomic E-state index is 0.00463. The molecule has 0 rings (SSSR count). The first-order valence-corrected chi connectivity index (χ1v) is 2.01. The average molecular weight is 103 g/mol. The van der Waals surface area contributed by atoms with Gasteiger partial charge in [0.05, 0.1) is 6.61 Å². The van der Waals surface area contributed by atoms with Crippen LogP contribution in [0.5, 0.6) is 0 Å². The van der Waals surface area contributed by atoms with E-state index in [1.807, 2.05) is 0 Å². The number of hydrogen-bond donors (Lipinski definition) is 0. The van der Waals surface area contributed by atoms with Crippen molar-refractivity contribution < 1.29 is 14.9 Å². The molecule has 0 spiro atoms. The van der Waals surface area contributed by atoms with E-state index in [0.29, 0.717) is 0 Å². The van der Waals surface area contributed by atoms with Crippen LogP contribution < -0.4 is 0 Å². The number of hydrogen-bond acceptors (Lipinski definition) is 2. The van der Waals surface area contributed by atoms with E-state index in [2.05, 4.69) is 4.89 Å². The second-order valence-electron chi connectivity index (χ2n) is 1.27. The fraction of sp³-hybridized carbons (Fsp3) is 0.750. The normalized spacial score (nSPS) is 8.86. The second-order valence-corrected chi connectivity index (χ2v) is 1.27. The molecule has 0 aliphatic heterocycles. The maximum Gasteiger partial charge on any atom is 0.132 e. The molecular weight excluding hydrogens is 96.0 g/mol. The molecule has 0 saturated carbocycles. The molecule has 3 heteroatoms. The molecule has 0 heterocycles. The van der Waals surface area contributed by atoms with Crippen LogP contribution in [-0.4, -0.2) is 12.4 Å². The van der Waals surface area contributed by atoms with E-state index in [-0.39, 0.29) is 18.8 Å². The lowest BCUT2D eigenvalue weighted by Crippen LogP contribution is -1.95. The molecule has 0 unspecified atom stereocenters. The van der Waals surface area contributed by atoms with Crippen molar-refractivity contribution >= 4 is 5.78 Å². The summed E-state index contributed by atoms with van der Waals surface area (Å²) in [5.41, 5.74) is 0. The smallest absolute Gasteiger partial charge is 0.132 e. The molecule has 41 valence electrons. The predicted octanol–water partition coefficient (Wildman–Crippen LogP) is 0.328. The highest BCUT2D eigenvalue weighted by Gasteiger charge is 1.89. The highest BCUT2D eigenvalue weighted by molar-refractivity contribution is 5.75. The summed E-state index contributed by atoms with van der Waals surface area (Å²) in [4.78, 5) is 13.4. The van der Waals surface area contributed by atoms with Crippen LogP contribution >= 0.6 is 0 Å². The number of Topliss-reactive ketones (excluding diaryl/α,β-unsaturated/α-hetero) is 1. The van der Waals surface area contributed by atoms with Gasteiger partial charge in [0, 0.05) is 6.42 Å². The zero-order valence-corrected chi connectivity index (χ0v) is 4.14. The van der Waals surface area contributed by atoms with E-state index in [1.165, 1.54) is 6.92 Å². The highest BCUT2D eigenvalue weighted by Crippen LogP contribution is 1.79. The number of rotatable bonds is 3. The van der Waals surface area contributed by atoms with Crippen molar-refractivity contribution in [2.45, 2.75) is 13.3 Å². The zero-order chi connectivity index (χ0) is 5.70. The molecule has 0 aromatic rings. The maximum absolute atomic E-state index is 9.98. The fourth-order valence-corrected chi connectivity index (χ4v) is 0.185. The summed E-state index contributed by atoms with van der Waals surface area (Å²) in [6, 6.07) is 0. The topological polar surface area (TPSA) is 46.2 Å². The third kappa shape index (κ3) is 5.59. The van der Waals surface area contributed by atoms with Gasteiger partial charge >= 0.3 is 0 Å². The standard InChI is InChI=1S/C4H7O3/c1-4(5)2-3-7-6/h2-3H2,1H3. The summed E-state index contributed by atoms with van der Waals surface area (Å²) in [7, 11) is 0. The first kappa shape index (κ1) is 6.59. The molecule has 0 aliphatic carbocycles. The molecule has 0 bridgehead atoms. The lowest BCUT2D eigenvalue weighted by atomic mass is 10.3. The number of carbonyl (C=O) groups is 1. The molecular formula is C4H7O3. The summed E-state index contributed by atoms with van der Waals surface area (Å²) in [5.74, 6) is -0.0177. The summed E-state index contributed by atoms with van der Waals surface area (Å²) in [6.07, 6.45) is 0.226. The first-order valence-electron chi connectivity index (χ1n) is 2.01. The van der Waals surface area contributed by atoms with E-state index in [1.54, 1.807) is 0 Å². The van der Waals surface area contributed by atoms with Crippen LogP contribution in [0.4, 0.5) is 0 Å². The van der Waals surface area contributed by atoms with Gasteiger partial charge in [-0.1, -0.05) is 0 Å².